The fourth-order valence-electron chi connectivity index (χ4n) is 0.763. The van der Waals surface area contributed by atoms with Crippen molar-refractivity contribution in [3.63, 3.8) is 0 Å². The molecule has 13 heavy (non-hydrogen) atoms. The van der Waals surface area contributed by atoms with Gasteiger partial charge in [0.25, 0.3) is 6.43 Å². The smallest absolute Gasteiger partial charge is 0.281 e. The van der Waals surface area contributed by atoms with Crippen LogP contribution in [-0.4, -0.2) is 11.3 Å². The molecular weight excluding hydrogens is 207 g/mol. The van der Waals surface area contributed by atoms with E-state index >= 15 is 0 Å². The second-order valence-corrected chi connectivity index (χ2v) is 2.51. The zero-order valence-corrected chi connectivity index (χ0v) is 6.86. The molecule has 0 aliphatic carbocycles. The zero-order chi connectivity index (χ0) is 10.0. The molecule has 0 atom stereocenters. The van der Waals surface area contributed by atoms with Crippen molar-refractivity contribution in [2.45, 2.75) is 6.43 Å². The number of halogens is 4. The molecule has 0 aliphatic rings. The minimum atomic E-state index is -2.95. The number of carbonyl (C=O) groups is 1. The van der Waals surface area contributed by atoms with Crippen molar-refractivity contribution in [3.05, 3.63) is 28.3 Å². The van der Waals surface area contributed by atoms with Crippen LogP contribution in [0.4, 0.5) is 13.2 Å². The summed E-state index contributed by atoms with van der Waals surface area (Å²) < 4.78 is 36.9. The van der Waals surface area contributed by atoms with E-state index in [1.165, 1.54) is 0 Å². The van der Waals surface area contributed by atoms with Crippen LogP contribution in [0.5, 0.6) is 0 Å². The van der Waals surface area contributed by atoms with Crippen molar-refractivity contribution < 1.29 is 18.0 Å². The third-order valence-corrected chi connectivity index (χ3v) is 1.59. The molecular formula is C7H3ClF3NO. The Morgan fingerprint density at radius 2 is 2.15 bits per heavy atom. The number of hydrogen-bond donors (Lipinski definition) is 0. The van der Waals surface area contributed by atoms with Gasteiger partial charge in [0.05, 0.1) is 0 Å². The van der Waals surface area contributed by atoms with E-state index in [0.29, 0.717) is 6.07 Å². The van der Waals surface area contributed by atoms with Gasteiger partial charge in [-0.2, -0.15) is 0 Å². The average molecular weight is 210 g/mol. The summed E-state index contributed by atoms with van der Waals surface area (Å²) in [6, 6.07) is 0.629. The Kier molecular flexibility index (Phi) is 2.87. The number of pyridine rings is 1. The molecule has 6 heteroatoms. The second kappa shape index (κ2) is 3.74. The van der Waals surface area contributed by atoms with Crippen molar-refractivity contribution in [2.24, 2.45) is 0 Å². The maximum Gasteiger partial charge on any atom is 0.281 e. The molecule has 1 aromatic heterocycles. The molecule has 2 nitrogen and oxygen atoms in total. The lowest BCUT2D eigenvalue weighted by atomic mass is 10.2. The molecule has 1 aromatic rings. The van der Waals surface area contributed by atoms with Crippen molar-refractivity contribution in [1.82, 2.24) is 4.98 Å². The first-order chi connectivity index (χ1) is 6.06. The van der Waals surface area contributed by atoms with Gasteiger partial charge in [0.15, 0.2) is 17.3 Å². The van der Waals surface area contributed by atoms with Gasteiger partial charge in [-0.05, 0) is 6.07 Å². The van der Waals surface area contributed by atoms with Crippen molar-refractivity contribution in [1.29, 1.82) is 0 Å². The summed E-state index contributed by atoms with van der Waals surface area (Å²) in [5, 5.41) is -0.666. The van der Waals surface area contributed by atoms with Crippen molar-refractivity contribution in [2.75, 3.05) is 0 Å². The van der Waals surface area contributed by atoms with Crippen LogP contribution in [-0.2, 0) is 0 Å². The van der Waals surface area contributed by atoms with Gasteiger partial charge in [0.2, 0.25) is 0 Å². The number of nitrogens with zero attached hydrogens (tertiary/aromatic N) is 1. The standard InChI is InChI=1S/C7H3ClF3NO/c8-6-4(9)1-3(2-13)5(12-6)7(10)11/h1-2,7H. The van der Waals surface area contributed by atoms with Gasteiger partial charge in [-0.15, -0.1) is 0 Å². The van der Waals surface area contributed by atoms with Crippen LogP contribution in [0.2, 0.25) is 5.15 Å². The molecule has 0 radical (unpaired) electrons. The molecule has 0 aliphatic heterocycles. The highest BCUT2D eigenvalue weighted by Gasteiger charge is 2.17. The van der Waals surface area contributed by atoms with Gasteiger partial charge in [-0.25, -0.2) is 18.2 Å². The van der Waals surface area contributed by atoms with E-state index in [1.807, 2.05) is 0 Å². The van der Waals surface area contributed by atoms with E-state index in [-0.39, 0.29) is 6.29 Å². The number of carbonyl (C=O) groups excluding carboxylic acids is 1. The first kappa shape index (κ1) is 9.98. The molecule has 0 spiro atoms. The molecule has 0 bridgehead atoms. The molecule has 1 heterocycles. The fourth-order valence-corrected chi connectivity index (χ4v) is 0.909. The van der Waals surface area contributed by atoms with E-state index < -0.39 is 28.7 Å². The molecule has 0 aromatic carbocycles. The van der Waals surface area contributed by atoms with Gasteiger partial charge >= 0.3 is 0 Å². The van der Waals surface area contributed by atoms with Crippen molar-refractivity contribution >= 4 is 17.9 Å². The van der Waals surface area contributed by atoms with Gasteiger partial charge in [-0.3, -0.25) is 4.79 Å². The Hall–Kier alpha value is -1.10. The quantitative estimate of drug-likeness (QED) is 0.554. The highest BCUT2D eigenvalue weighted by atomic mass is 35.5. The lowest BCUT2D eigenvalue weighted by Crippen LogP contribution is -1.99. The minimum absolute atomic E-state index is 0.105. The lowest BCUT2D eigenvalue weighted by Gasteiger charge is -2.02. The van der Waals surface area contributed by atoms with Gasteiger partial charge in [0, 0.05) is 5.56 Å². The number of alkyl halides is 2. The number of rotatable bonds is 2. The lowest BCUT2D eigenvalue weighted by molar-refractivity contribution is 0.110. The van der Waals surface area contributed by atoms with Gasteiger partial charge in [-0.1, -0.05) is 11.6 Å². The summed E-state index contributed by atoms with van der Waals surface area (Å²) in [5.74, 6) is -0.992. The van der Waals surface area contributed by atoms with Crippen LogP contribution in [0.25, 0.3) is 0 Å². The van der Waals surface area contributed by atoms with Crippen LogP contribution >= 0.6 is 11.6 Å². The first-order valence-corrected chi connectivity index (χ1v) is 3.53. The highest BCUT2D eigenvalue weighted by molar-refractivity contribution is 6.29. The van der Waals surface area contributed by atoms with Crippen LogP contribution in [0.15, 0.2) is 6.07 Å². The Morgan fingerprint density at radius 3 is 2.62 bits per heavy atom. The fraction of sp³-hybridized carbons (Fsp3) is 0.143. The third kappa shape index (κ3) is 1.98. The maximum absolute atomic E-state index is 12.6. The summed E-state index contributed by atoms with van der Waals surface area (Å²) in [6.45, 7) is 0. The predicted molar refractivity (Wildman–Crippen MR) is 39.5 cm³/mol. The number of hydrogen-bond acceptors (Lipinski definition) is 2. The third-order valence-electron chi connectivity index (χ3n) is 1.33. The average Bonchev–Trinajstić information content (AvgIpc) is 2.08. The molecule has 70 valence electrons. The molecule has 0 fully saturated rings. The Labute approximate surface area is 76.3 Å². The van der Waals surface area contributed by atoms with Crippen LogP contribution in [0.1, 0.15) is 22.5 Å². The SMILES string of the molecule is O=Cc1cc(F)c(Cl)nc1C(F)F. The maximum atomic E-state index is 12.6. The molecule has 0 saturated carbocycles. The summed E-state index contributed by atoms with van der Waals surface area (Å²) >= 11 is 5.15. The van der Waals surface area contributed by atoms with E-state index in [4.69, 9.17) is 11.6 Å². The van der Waals surface area contributed by atoms with Gasteiger partial charge < -0.3 is 0 Å². The summed E-state index contributed by atoms with van der Waals surface area (Å²) in [7, 11) is 0. The Balaban J connectivity index is 3.32. The topological polar surface area (TPSA) is 30.0 Å². The number of aldehydes is 1. The molecule has 0 unspecified atom stereocenters. The largest absolute Gasteiger partial charge is 0.298 e. The number of aromatic nitrogens is 1. The zero-order valence-electron chi connectivity index (χ0n) is 6.10. The van der Waals surface area contributed by atoms with Crippen molar-refractivity contribution in [3.8, 4) is 0 Å². The summed E-state index contributed by atoms with van der Waals surface area (Å²) in [6.07, 6.45) is -2.84. The molecule has 0 amide bonds. The van der Waals surface area contributed by atoms with E-state index in [2.05, 4.69) is 4.98 Å². The molecule has 0 saturated heterocycles. The van der Waals surface area contributed by atoms with Crippen LogP contribution in [0, 0.1) is 5.82 Å². The monoisotopic (exact) mass is 209 g/mol. The van der Waals surface area contributed by atoms with Crippen LogP contribution in [0.3, 0.4) is 0 Å². The van der Waals surface area contributed by atoms with E-state index in [9.17, 15) is 18.0 Å². The normalized spacial score (nSPS) is 10.5. The van der Waals surface area contributed by atoms with Gasteiger partial charge in [0.1, 0.15) is 5.69 Å². The molecule has 1 rings (SSSR count). The van der Waals surface area contributed by atoms with E-state index in [1.54, 1.807) is 0 Å². The predicted octanol–water partition coefficient (Wildman–Crippen LogP) is 2.62. The Bertz CT molecular complexity index is 343. The second-order valence-electron chi connectivity index (χ2n) is 2.15. The summed E-state index contributed by atoms with van der Waals surface area (Å²) in [4.78, 5) is 13.3. The van der Waals surface area contributed by atoms with Crippen LogP contribution < -0.4 is 0 Å². The Morgan fingerprint density at radius 1 is 1.54 bits per heavy atom. The van der Waals surface area contributed by atoms with E-state index in [0.717, 1.165) is 0 Å². The molecule has 0 N–H and O–H groups in total. The highest BCUT2D eigenvalue weighted by Crippen LogP contribution is 2.23. The summed E-state index contributed by atoms with van der Waals surface area (Å²) in [5.41, 5.74) is -1.29. The first-order valence-electron chi connectivity index (χ1n) is 3.15. The minimum Gasteiger partial charge on any atom is -0.298 e.